The molecule has 0 bridgehead atoms. The molecule has 2 fully saturated rings. The zero-order valence-electron chi connectivity index (χ0n) is 15.8. The van der Waals surface area contributed by atoms with E-state index in [0.717, 1.165) is 9.75 Å². The molecule has 0 spiro atoms. The van der Waals surface area contributed by atoms with Crippen molar-refractivity contribution in [2.75, 3.05) is 5.73 Å². The SMILES string of the molecule is CC(=O)[C@@]12CC1[C@@H](n1cnc3c(N)nc(C#Cc4ccc(C)s4)nc31)[C@H](O)C2O. The van der Waals surface area contributed by atoms with Gasteiger partial charge < -0.3 is 20.5 Å². The summed E-state index contributed by atoms with van der Waals surface area (Å²) in [6.45, 7) is 3.47. The Bertz CT molecular complexity index is 1220. The lowest BCUT2D eigenvalue weighted by atomic mass is 9.95. The number of imidazole rings is 1. The number of hydrogen-bond donors (Lipinski definition) is 3. The molecule has 5 atom stereocenters. The molecular formula is C20H19N5O3S. The number of carbonyl (C=O) groups is 1. The fourth-order valence-corrected chi connectivity index (χ4v) is 5.32. The Morgan fingerprint density at radius 1 is 1.34 bits per heavy atom. The number of fused-ring (bicyclic) bond motifs is 2. The summed E-state index contributed by atoms with van der Waals surface area (Å²) in [5.41, 5.74) is 6.03. The molecular weight excluding hydrogens is 390 g/mol. The van der Waals surface area contributed by atoms with E-state index in [1.54, 1.807) is 15.9 Å². The van der Waals surface area contributed by atoms with Gasteiger partial charge in [-0.15, -0.1) is 11.3 Å². The lowest BCUT2D eigenvalue weighted by molar-refractivity contribution is -0.128. The predicted octanol–water partition coefficient (Wildman–Crippen LogP) is 1.05. The number of Topliss-reactive ketones (excluding diaryl/α,β-unsaturated/α-hetero) is 1. The van der Waals surface area contributed by atoms with Gasteiger partial charge in [0.25, 0.3) is 0 Å². The van der Waals surface area contributed by atoms with Gasteiger partial charge in [0.15, 0.2) is 11.5 Å². The quantitative estimate of drug-likeness (QED) is 0.540. The minimum absolute atomic E-state index is 0.104. The predicted molar refractivity (Wildman–Crippen MR) is 107 cm³/mol. The molecule has 2 aliphatic rings. The monoisotopic (exact) mass is 409 g/mol. The smallest absolute Gasteiger partial charge is 0.209 e. The molecule has 2 unspecified atom stereocenters. The van der Waals surface area contributed by atoms with E-state index in [2.05, 4.69) is 26.8 Å². The highest BCUT2D eigenvalue weighted by molar-refractivity contribution is 7.12. The maximum absolute atomic E-state index is 12.1. The van der Waals surface area contributed by atoms with E-state index in [0.29, 0.717) is 17.6 Å². The minimum Gasteiger partial charge on any atom is -0.389 e. The van der Waals surface area contributed by atoms with Crippen LogP contribution >= 0.6 is 11.3 Å². The van der Waals surface area contributed by atoms with E-state index in [1.165, 1.54) is 13.3 Å². The summed E-state index contributed by atoms with van der Waals surface area (Å²) in [5, 5.41) is 21.2. The van der Waals surface area contributed by atoms with Gasteiger partial charge in [-0.25, -0.2) is 15.0 Å². The Kier molecular flexibility index (Phi) is 3.84. The molecule has 148 valence electrons. The summed E-state index contributed by atoms with van der Waals surface area (Å²) in [6, 6.07) is 3.42. The standard InChI is InChI=1S/C20H19N5O3S/c1-9-3-4-11(29-9)5-6-13-23-18(21)14-19(24-13)25(8-22-14)15-12-7-20(12,10(2)26)17(28)16(15)27/h3-4,8,12,15-17,27-28H,7H2,1-2H3,(H2,21,23,24)/t12?,15-,16+,17?,20+/m1/s1. The van der Waals surface area contributed by atoms with E-state index in [4.69, 9.17) is 5.73 Å². The topological polar surface area (TPSA) is 127 Å². The fourth-order valence-electron chi connectivity index (χ4n) is 4.60. The van der Waals surface area contributed by atoms with E-state index in [1.807, 2.05) is 19.1 Å². The molecule has 9 heteroatoms. The first-order valence-corrected chi connectivity index (χ1v) is 10.1. The van der Waals surface area contributed by atoms with E-state index in [-0.39, 0.29) is 23.3 Å². The average molecular weight is 409 g/mol. The van der Waals surface area contributed by atoms with Crippen molar-refractivity contribution in [1.82, 2.24) is 19.5 Å². The molecule has 29 heavy (non-hydrogen) atoms. The lowest BCUT2D eigenvalue weighted by Gasteiger charge is -2.23. The van der Waals surface area contributed by atoms with Gasteiger partial charge in [-0.3, -0.25) is 4.79 Å². The summed E-state index contributed by atoms with van der Waals surface area (Å²) in [4.78, 5) is 27.2. The number of aryl methyl sites for hydroxylation is 1. The number of nitrogens with two attached hydrogens (primary N) is 1. The van der Waals surface area contributed by atoms with Crippen molar-refractivity contribution in [3.8, 4) is 11.8 Å². The van der Waals surface area contributed by atoms with Crippen LogP contribution in [0, 0.1) is 30.1 Å². The largest absolute Gasteiger partial charge is 0.389 e. The second-order valence-corrected chi connectivity index (χ2v) is 9.04. The van der Waals surface area contributed by atoms with Gasteiger partial charge in [0, 0.05) is 4.88 Å². The van der Waals surface area contributed by atoms with Crippen LogP contribution in [0.4, 0.5) is 5.82 Å². The molecule has 2 saturated carbocycles. The maximum Gasteiger partial charge on any atom is 0.209 e. The third-order valence-electron chi connectivity index (χ3n) is 6.14. The van der Waals surface area contributed by atoms with Crippen molar-refractivity contribution in [3.05, 3.63) is 34.0 Å². The number of aromatic nitrogens is 4. The lowest BCUT2D eigenvalue weighted by Crippen LogP contribution is -2.36. The van der Waals surface area contributed by atoms with E-state index < -0.39 is 23.7 Å². The molecule has 8 nitrogen and oxygen atoms in total. The Balaban J connectivity index is 1.57. The van der Waals surface area contributed by atoms with Gasteiger partial charge in [-0.1, -0.05) is 0 Å². The normalized spacial score (nSPS) is 30.1. The first kappa shape index (κ1) is 18.2. The second-order valence-electron chi connectivity index (χ2n) is 7.75. The summed E-state index contributed by atoms with van der Waals surface area (Å²) in [7, 11) is 0. The zero-order chi connectivity index (χ0) is 20.5. The minimum atomic E-state index is -1.10. The number of nitrogens with zero attached hydrogens (tertiary/aromatic N) is 4. The van der Waals surface area contributed by atoms with Crippen LogP contribution in [0.5, 0.6) is 0 Å². The van der Waals surface area contributed by atoms with Crippen LogP contribution in [0.2, 0.25) is 0 Å². The molecule has 0 radical (unpaired) electrons. The molecule has 2 aliphatic carbocycles. The average Bonchev–Trinajstić information content (AvgIpc) is 2.93. The van der Waals surface area contributed by atoms with Crippen molar-refractivity contribution >= 4 is 34.1 Å². The highest BCUT2D eigenvalue weighted by atomic mass is 32.1. The number of hydrogen-bond acceptors (Lipinski definition) is 8. The van der Waals surface area contributed by atoms with E-state index in [9.17, 15) is 15.0 Å². The van der Waals surface area contributed by atoms with Gasteiger partial charge in [-0.2, -0.15) is 0 Å². The number of aliphatic hydroxyl groups is 2. The molecule has 0 aromatic carbocycles. The van der Waals surface area contributed by atoms with Crippen LogP contribution in [0.25, 0.3) is 11.2 Å². The van der Waals surface area contributed by atoms with Crippen LogP contribution in [0.3, 0.4) is 0 Å². The Labute approximate surface area is 170 Å². The molecule has 0 saturated heterocycles. The first-order valence-electron chi connectivity index (χ1n) is 9.28. The summed E-state index contributed by atoms with van der Waals surface area (Å²) >= 11 is 1.58. The molecule has 0 amide bonds. The highest BCUT2D eigenvalue weighted by Gasteiger charge is 2.74. The number of aliphatic hydroxyl groups excluding tert-OH is 2. The van der Waals surface area contributed by atoms with Gasteiger partial charge in [0.2, 0.25) is 5.82 Å². The summed E-state index contributed by atoms with van der Waals surface area (Å²) in [5.74, 6) is 6.15. The number of carbonyl (C=O) groups excluding carboxylic acids is 1. The number of nitrogen functional groups attached to an aromatic ring is 1. The van der Waals surface area contributed by atoms with Crippen molar-refractivity contribution in [2.24, 2.45) is 11.3 Å². The van der Waals surface area contributed by atoms with Gasteiger partial charge >= 0.3 is 0 Å². The van der Waals surface area contributed by atoms with Gasteiger partial charge in [-0.05, 0) is 50.2 Å². The van der Waals surface area contributed by atoms with Crippen LogP contribution in [0.15, 0.2) is 18.5 Å². The van der Waals surface area contributed by atoms with Crippen molar-refractivity contribution < 1.29 is 15.0 Å². The number of ketones is 1. The van der Waals surface area contributed by atoms with E-state index >= 15 is 0 Å². The van der Waals surface area contributed by atoms with Crippen molar-refractivity contribution in [2.45, 2.75) is 38.5 Å². The first-order chi connectivity index (χ1) is 13.8. The summed E-state index contributed by atoms with van der Waals surface area (Å²) < 4.78 is 1.70. The number of anilines is 1. The van der Waals surface area contributed by atoms with Crippen LogP contribution in [-0.4, -0.2) is 47.7 Å². The molecule has 3 aromatic rings. The number of thiophene rings is 1. The van der Waals surface area contributed by atoms with Gasteiger partial charge in [0.05, 0.1) is 28.8 Å². The molecule has 3 heterocycles. The van der Waals surface area contributed by atoms with Crippen LogP contribution in [-0.2, 0) is 4.79 Å². The highest BCUT2D eigenvalue weighted by Crippen LogP contribution is 2.68. The second kappa shape index (κ2) is 6.10. The number of rotatable bonds is 2. The van der Waals surface area contributed by atoms with Crippen LogP contribution in [0.1, 0.15) is 35.0 Å². The van der Waals surface area contributed by atoms with Crippen molar-refractivity contribution in [1.29, 1.82) is 0 Å². The summed E-state index contributed by atoms with van der Waals surface area (Å²) in [6.07, 6.45) is -0.122. The van der Waals surface area contributed by atoms with Gasteiger partial charge in [0.1, 0.15) is 17.4 Å². The molecule has 4 N–H and O–H groups in total. The molecule has 5 rings (SSSR count). The third-order valence-corrected chi connectivity index (χ3v) is 7.05. The zero-order valence-corrected chi connectivity index (χ0v) is 16.6. The molecule has 0 aliphatic heterocycles. The van der Waals surface area contributed by atoms with Crippen molar-refractivity contribution in [3.63, 3.8) is 0 Å². The Morgan fingerprint density at radius 3 is 2.79 bits per heavy atom. The molecule has 3 aromatic heterocycles. The third kappa shape index (κ3) is 2.53. The fraction of sp³-hybridized carbons (Fsp3) is 0.400. The maximum atomic E-state index is 12.1. The van der Waals surface area contributed by atoms with Crippen LogP contribution < -0.4 is 5.73 Å². The Hall–Kier alpha value is -2.80. The Morgan fingerprint density at radius 2 is 2.14 bits per heavy atom.